The van der Waals surface area contributed by atoms with E-state index in [9.17, 15) is 14.4 Å². The van der Waals surface area contributed by atoms with Gasteiger partial charge in [-0.2, -0.15) is 0 Å². The third-order valence-electron chi connectivity index (χ3n) is 5.93. The van der Waals surface area contributed by atoms with Gasteiger partial charge in [-0.25, -0.2) is 0 Å². The average Bonchev–Trinajstić information content (AvgIpc) is 3.32. The van der Waals surface area contributed by atoms with Crippen LogP contribution in [0.15, 0.2) is 48.5 Å². The van der Waals surface area contributed by atoms with Crippen molar-refractivity contribution in [2.75, 3.05) is 18.4 Å². The highest BCUT2D eigenvalue weighted by Crippen LogP contribution is 2.29. The number of nitrogens with zero attached hydrogens (tertiary/aromatic N) is 2. The van der Waals surface area contributed by atoms with Crippen molar-refractivity contribution in [3.63, 3.8) is 0 Å². The van der Waals surface area contributed by atoms with E-state index in [1.165, 1.54) is 0 Å². The highest BCUT2D eigenvalue weighted by molar-refractivity contribution is 5.98. The second kappa shape index (κ2) is 8.69. The fourth-order valence-corrected chi connectivity index (χ4v) is 4.24. The number of anilines is 1. The minimum atomic E-state index is -0.501. The molecule has 0 spiro atoms. The van der Waals surface area contributed by atoms with E-state index in [1.807, 2.05) is 48.2 Å². The van der Waals surface area contributed by atoms with Gasteiger partial charge in [0.25, 0.3) is 5.91 Å². The second-order valence-electron chi connectivity index (χ2n) is 7.94. The Bertz CT molecular complexity index is 951. The zero-order valence-corrected chi connectivity index (χ0v) is 17.3. The summed E-state index contributed by atoms with van der Waals surface area (Å²) in [5.74, 6) is -0.155. The van der Waals surface area contributed by atoms with Crippen molar-refractivity contribution in [1.29, 1.82) is 0 Å². The molecule has 0 aromatic heterocycles. The van der Waals surface area contributed by atoms with Gasteiger partial charge >= 0.3 is 0 Å². The first-order valence-electron chi connectivity index (χ1n) is 10.6. The third kappa shape index (κ3) is 4.08. The van der Waals surface area contributed by atoms with Gasteiger partial charge in [0.05, 0.1) is 0 Å². The highest BCUT2D eigenvalue weighted by atomic mass is 16.2. The van der Waals surface area contributed by atoms with Gasteiger partial charge in [0.2, 0.25) is 11.8 Å². The molecule has 2 aliphatic heterocycles. The molecule has 1 N–H and O–H groups in total. The molecule has 156 valence electrons. The lowest BCUT2D eigenvalue weighted by molar-refractivity contribution is -0.135. The minimum absolute atomic E-state index is 0.0331. The Morgan fingerprint density at radius 3 is 2.43 bits per heavy atom. The molecule has 1 saturated heterocycles. The van der Waals surface area contributed by atoms with Gasteiger partial charge < -0.3 is 15.1 Å². The Morgan fingerprint density at radius 2 is 1.73 bits per heavy atom. The number of carbonyl (C=O) groups excluding carboxylic acids is 3. The average molecular weight is 405 g/mol. The predicted molar refractivity (Wildman–Crippen MR) is 115 cm³/mol. The largest absolute Gasteiger partial charge is 0.341 e. The lowest BCUT2D eigenvalue weighted by Crippen LogP contribution is -2.53. The van der Waals surface area contributed by atoms with Crippen LogP contribution in [0.3, 0.4) is 0 Å². The summed E-state index contributed by atoms with van der Waals surface area (Å²) in [4.78, 5) is 42.0. The Kier molecular flexibility index (Phi) is 5.84. The number of likely N-dealkylation sites (tertiary alicyclic amines) is 1. The molecule has 2 aromatic rings. The fraction of sp³-hybridized carbons (Fsp3) is 0.375. The first kappa shape index (κ1) is 20.1. The molecule has 0 aliphatic carbocycles. The van der Waals surface area contributed by atoms with Gasteiger partial charge in [0.1, 0.15) is 6.04 Å². The molecule has 0 radical (unpaired) electrons. The van der Waals surface area contributed by atoms with Crippen LogP contribution in [0.4, 0.5) is 5.69 Å². The maximum absolute atomic E-state index is 13.3. The zero-order chi connectivity index (χ0) is 21.1. The van der Waals surface area contributed by atoms with Gasteiger partial charge in [0.15, 0.2) is 0 Å². The lowest BCUT2D eigenvalue weighted by Gasteiger charge is -2.38. The number of amides is 3. The number of benzene rings is 2. The minimum Gasteiger partial charge on any atom is -0.341 e. The quantitative estimate of drug-likeness (QED) is 0.849. The number of hydrogen-bond donors (Lipinski definition) is 1. The molecule has 2 heterocycles. The Labute approximate surface area is 176 Å². The van der Waals surface area contributed by atoms with E-state index in [1.54, 1.807) is 17.0 Å². The van der Waals surface area contributed by atoms with E-state index < -0.39 is 6.04 Å². The molecule has 1 fully saturated rings. The van der Waals surface area contributed by atoms with Crippen LogP contribution in [-0.2, 0) is 22.6 Å². The summed E-state index contributed by atoms with van der Waals surface area (Å²) in [6, 6.07) is 14.4. The molecule has 3 amide bonds. The topological polar surface area (TPSA) is 69.7 Å². The van der Waals surface area contributed by atoms with Gasteiger partial charge in [0, 0.05) is 43.7 Å². The zero-order valence-electron chi connectivity index (χ0n) is 17.3. The van der Waals surface area contributed by atoms with Crippen molar-refractivity contribution >= 4 is 23.4 Å². The van der Waals surface area contributed by atoms with Crippen molar-refractivity contribution in [1.82, 2.24) is 9.80 Å². The van der Waals surface area contributed by atoms with Crippen LogP contribution >= 0.6 is 0 Å². The molecule has 2 aliphatic rings. The maximum atomic E-state index is 13.3. The molecule has 6 heteroatoms. The van der Waals surface area contributed by atoms with E-state index >= 15 is 0 Å². The molecule has 0 saturated carbocycles. The summed E-state index contributed by atoms with van der Waals surface area (Å²) in [5.41, 5.74) is 3.32. The summed E-state index contributed by atoms with van der Waals surface area (Å²) in [7, 11) is 0. The summed E-state index contributed by atoms with van der Waals surface area (Å²) >= 11 is 0. The van der Waals surface area contributed by atoms with Crippen LogP contribution < -0.4 is 5.32 Å². The van der Waals surface area contributed by atoms with Crippen molar-refractivity contribution in [3.05, 3.63) is 65.2 Å². The number of fused-ring (bicyclic) bond motifs is 1. The number of nitrogens with one attached hydrogen (secondary N) is 1. The van der Waals surface area contributed by atoms with Gasteiger partial charge in [-0.3, -0.25) is 14.4 Å². The van der Waals surface area contributed by atoms with E-state index in [0.29, 0.717) is 24.9 Å². The lowest BCUT2D eigenvalue weighted by atomic mass is 9.92. The van der Waals surface area contributed by atoms with Crippen molar-refractivity contribution < 1.29 is 14.4 Å². The van der Waals surface area contributed by atoms with Gasteiger partial charge in [-0.15, -0.1) is 0 Å². The van der Waals surface area contributed by atoms with Crippen LogP contribution in [0, 0.1) is 0 Å². The predicted octanol–water partition coefficient (Wildman–Crippen LogP) is 3.22. The molecular formula is C24H27N3O3. The molecule has 1 atom stereocenters. The molecule has 0 bridgehead atoms. The Morgan fingerprint density at radius 1 is 1.00 bits per heavy atom. The Hall–Kier alpha value is -3.15. The monoisotopic (exact) mass is 405 g/mol. The molecule has 4 rings (SSSR count). The summed E-state index contributed by atoms with van der Waals surface area (Å²) < 4.78 is 0. The first-order chi connectivity index (χ1) is 14.6. The van der Waals surface area contributed by atoms with Crippen LogP contribution in [-0.4, -0.2) is 46.7 Å². The molecular weight excluding hydrogens is 378 g/mol. The normalized spacial score (nSPS) is 18.1. The van der Waals surface area contributed by atoms with Crippen molar-refractivity contribution in [3.8, 4) is 0 Å². The summed E-state index contributed by atoms with van der Waals surface area (Å²) in [6.07, 6.45) is 2.93. The van der Waals surface area contributed by atoms with E-state index in [0.717, 1.165) is 42.7 Å². The van der Waals surface area contributed by atoms with Gasteiger partial charge in [-0.05, 0) is 48.2 Å². The fourth-order valence-electron chi connectivity index (χ4n) is 4.24. The standard InChI is InChI=1S/C24H27N3O3/c1-2-22(28)25-20-11-10-18-15-21(24(30)26-12-6-7-13-26)27(16-19(18)14-20)23(29)17-8-4-3-5-9-17/h3-5,8-11,14,21H,2,6-7,12-13,15-16H2,1H3,(H,25,28)/t21-/m0/s1. The van der Waals surface area contributed by atoms with E-state index in [4.69, 9.17) is 0 Å². The SMILES string of the molecule is CCC(=O)Nc1ccc2c(c1)CN(C(=O)c1ccccc1)[C@H](C(=O)N1CCCC1)C2. The molecule has 2 aromatic carbocycles. The number of hydrogen-bond acceptors (Lipinski definition) is 3. The second-order valence-corrected chi connectivity index (χ2v) is 7.94. The molecule has 30 heavy (non-hydrogen) atoms. The van der Waals surface area contributed by atoms with Crippen LogP contribution in [0.1, 0.15) is 47.7 Å². The summed E-state index contributed by atoms with van der Waals surface area (Å²) in [6.45, 7) is 3.68. The van der Waals surface area contributed by atoms with Crippen molar-refractivity contribution in [2.45, 2.75) is 45.2 Å². The smallest absolute Gasteiger partial charge is 0.254 e. The highest BCUT2D eigenvalue weighted by Gasteiger charge is 2.38. The number of carbonyl (C=O) groups is 3. The summed E-state index contributed by atoms with van der Waals surface area (Å²) in [5, 5.41) is 2.88. The Balaban J connectivity index is 1.66. The maximum Gasteiger partial charge on any atom is 0.254 e. The number of rotatable bonds is 4. The first-order valence-corrected chi connectivity index (χ1v) is 10.6. The van der Waals surface area contributed by atoms with Crippen molar-refractivity contribution in [2.24, 2.45) is 0 Å². The molecule has 6 nitrogen and oxygen atoms in total. The van der Waals surface area contributed by atoms with Gasteiger partial charge in [-0.1, -0.05) is 31.2 Å². The third-order valence-corrected chi connectivity index (χ3v) is 5.93. The van der Waals surface area contributed by atoms with E-state index in [2.05, 4.69) is 5.32 Å². The van der Waals surface area contributed by atoms with Crippen LogP contribution in [0.2, 0.25) is 0 Å². The van der Waals surface area contributed by atoms with Crippen LogP contribution in [0.25, 0.3) is 0 Å². The van der Waals surface area contributed by atoms with Crippen LogP contribution in [0.5, 0.6) is 0 Å². The van der Waals surface area contributed by atoms with E-state index in [-0.39, 0.29) is 17.7 Å². The molecule has 0 unspecified atom stereocenters.